The molecule has 1 aromatic carbocycles. The van der Waals surface area contributed by atoms with Gasteiger partial charge < -0.3 is 4.98 Å². The predicted molar refractivity (Wildman–Crippen MR) is 113 cm³/mol. The van der Waals surface area contributed by atoms with Crippen molar-refractivity contribution in [2.45, 2.75) is 65.7 Å². The summed E-state index contributed by atoms with van der Waals surface area (Å²) < 4.78 is 0. The van der Waals surface area contributed by atoms with Crippen LogP contribution >= 0.6 is 0 Å². The van der Waals surface area contributed by atoms with Crippen molar-refractivity contribution in [3.05, 3.63) is 65.8 Å². The number of hydrogen-bond acceptors (Lipinski definition) is 1. The summed E-state index contributed by atoms with van der Waals surface area (Å²) >= 11 is 0. The van der Waals surface area contributed by atoms with Crippen molar-refractivity contribution in [3.8, 4) is 0 Å². The maximum atomic E-state index is 3.93. The molecule has 134 valence electrons. The molecule has 1 unspecified atom stereocenters. The van der Waals surface area contributed by atoms with Crippen LogP contribution in [-0.4, -0.2) is 13.8 Å². The quantitative estimate of drug-likeness (QED) is 0.462. The van der Waals surface area contributed by atoms with Gasteiger partial charge >= 0.3 is 21.7 Å². The van der Waals surface area contributed by atoms with E-state index in [-0.39, 0.29) is 27.3 Å². The Balaban J connectivity index is 0.000000848. The third-order valence-corrected chi connectivity index (χ3v) is 8.03. The minimum absolute atomic E-state index is 0. The van der Waals surface area contributed by atoms with Crippen molar-refractivity contribution in [1.82, 2.24) is 4.98 Å². The minimum Gasteiger partial charge on any atom is -0.332 e. The third-order valence-electron chi connectivity index (χ3n) is 4.45. The molecule has 1 aromatic rings. The van der Waals surface area contributed by atoms with Crippen molar-refractivity contribution in [1.29, 1.82) is 0 Å². The first-order valence-electron chi connectivity index (χ1n) is 8.85. The Hall–Kier alpha value is -0.669. The summed E-state index contributed by atoms with van der Waals surface area (Å²) in [6.45, 7) is 21.8. The van der Waals surface area contributed by atoms with Crippen LogP contribution in [0, 0.1) is 0 Å². The summed E-state index contributed by atoms with van der Waals surface area (Å²) in [5.41, 5.74) is 6.82. The van der Waals surface area contributed by atoms with Crippen molar-refractivity contribution in [3.63, 3.8) is 0 Å². The summed E-state index contributed by atoms with van der Waals surface area (Å²) in [6, 6.07) is 8.93. The molecule has 0 aromatic heterocycles. The zero-order valence-electron chi connectivity index (χ0n) is 17.3. The molecule has 1 atom stereocenters. The normalized spacial score (nSPS) is 16.9. The SMILES string of the molecule is C=CC=CC.CC1=C(C)C([Si](C)(C)NC(C)(C)C)c2ccccc21.[Ti+2]. The van der Waals surface area contributed by atoms with Crippen molar-refractivity contribution < 1.29 is 21.7 Å². The average Bonchev–Trinajstić information content (AvgIpc) is 2.71. The van der Waals surface area contributed by atoms with Crippen LogP contribution in [0.25, 0.3) is 5.57 Å². The third kappa shape index (κ3) is 6.53. The van der Waals surface area contributed by atoms with E-state index in [1.807, 2.05) is 19.1 Å². The predicted octanol–water partition coefficient (Wildman–Crippen LogP) is 6.46. The molecule has 3 heteroatoms. The second-order valence-electron chi connectivity index (χ2n) is 8.19. The van der Waals surface area contributed by atoms with Crippen LogP contribution in [0.2, 0.25) is 13.1 Å². The molecule has 0 saturated heterocycles. The van der Waals surface area contributed by atoms with Gasteiger partial charge in [0.05, 0.1) is 0 Å². The molecule has 1 N–H and O–H groups in total. The van der Waals surface area contributed by atoms with E-state index in [1.54, 1.807) is 11.6 Å². The molecule has 1 aliphatic rings. The molecule has 1 nitrogen and oxygen atoms in total. The van der Waals surface area contributed by atoms with Crippen molar-refractivity contribution in [2.75, 3.05) is 0 Å². The maximum absolute atomic E-state index is 3.93. The van der Waals surface area contributed by atoms with Gasteiger partial charge in [0.25, 0.3) is 0 Å². The topological polar surface area (TPSA) is 12.0 Å². The number of benzene rings is 1. The van der Waals surface area contributed by atoms with Crippen LogP contribution < -0.4 is 4.98 Å². The summed E-state index contributed by atoms with van der Waals surface area (Å²) in [5.74, 6) is 0. The van der Waals surface area contributed by atoms with E-state index in [2.05, 4.69) is 83.5 Å². The van der Waals surface area contributed by atoms with E-state index in [1.165, 1.54) is 16.7 Å². The fraction of sp³-hybridized carbons (Fsp3) is 0.455. The van der Waals surface area contributed by atoms with E-state index >= 15 is 0 Å². The largest absolute Gasteiger partial charge is 2.00 e. The van der Waals surface area contributed by atoms with E-state index in [4.69, 9.17) is 0 Å². The maximum Gasteiger partial charge on any atom is 2.00 e. The Morgan fingerprint density at radius 3 is 2.12 bits per heavy atom. The van der Waals surface area contributed by atoms with E-state index in [0.717, 1.165) is 0 Å². The van der Waals surface area contributed by atoms with Gasteiger partial charge in [0, 0.05) is 11.1 Å². The monoisotopic (exact) mass is 389 g/mol. The number of hydrogen-bond donors (Lipinski definition) is 1. The molecule has 0 heterocycles. The van der Waals surface area contributed by atoms with E-state index in [0.29, 0.717) is 5.54 Å². The average molecular weight is 389 g/mol. The summed E-state index contributed by atoms with van der Waals surface area (Å²) in [7, 11) is -1.57. The van der Waals surface area contributed by atoms with Gasteiger partial charge in [-0.05, 0) is 58.2 Å². The fourth-order valence-corrected chi connectivity index (χ4v) is 8.26. The van der Waals surface area contributed by atoms with Gasteiger partial charge in [0.15, 0.2) is 0 Å². The number of allylic oxidation sites excluding steroid dienone is 5. The molecule has 0 saturated carbocycles. The summed E-state index contributed by atoms with van der Waals surface area (Å²) in [5, 5.41) is 0. The standard InChI is InChI=1S/C17H27NSi.C5H8.Ti/c1-12-13(2)16(15-11-9-8-10-14(12)15)19(6,7)18-17(3,4)5;1-3-5-4-2;/h8-11,16,18H,1-7H3;3-5H,1H2,2H3;/q;;+2. The zero-order chi connectivity index (χ0) is 18.5. The molecule has 0 spiro atoms. The fourth-order valence-electron chi connectivity index (χ4n) is 3.86. The molecule has 0 radical (unpaired) electrons. The van der Waals surface area contributed by atoms with Gasteiger partial charge in [0.1, 0.15) is 8.24 Å². The minimum atomic E-state index is -1.57. The van der Waals surface area contributed by atoms with Crippen LogP contribution in [0.5, 0.6) is 0 Å². The molecule has 0 bridgehead atoms. The molecule has 1 aliphatic carbocycles. The van der Waals surface area contributed by atoms with Crippen LogP contribution in [0.3, 0.4) is 0 Å². The van der Waals surface area contributed by atoms with Gasteiger partial charge in [-0.25, -0.2) is 0 Å². The second-order valence-corrected chi connectivity index (χ2v) is 12.5. The summed E-state index contributed by atoms with van der Waals surface area (Å²) in [4.78, 5) is 3.93. The summed E-state index contributed by atoms with van der Waals surface area (Å²) in [6.07, 6.45) is 5.58. The Morgan fingerprint density at radius 2 is 1.68 bits per heavy atom. The Morgan fingerprint density at radius 1 is 1.12 bits per heavy atom. The Bertz CT molecular complexity index is 636. The number of fused-ring (bicyclic) bond motifs is 1. The molecule has 0 aliphatic heterocycles. The van der Waals surface area contributed by atoms with E-state index < -0.39 is 8.24 Å². The zero-order valence-corrected chi connectivity index (χ0v) is 19.9. The van der Waals surface area contributed by atoms with Gasteiger partial charge in [0.2, 0.25) is 0 Å². The first-order valence-corrected chi connectivity index (χ1v) is 11.9. The Labute approximate surface area is 171 Å². The molecule has 0 fully saturated rings. The molecular formula is C22H35NSiTi+2. The molecular weight excluding hydrogens is 354 g/mol. The molecule has 0 amide bonds. The number of nitrogens with one attached hydrogen (secondary N) is 1. The van der Waals surface area contributed by atoms with Crippen LogP contribution in [0.4, 0.5) is 0 Å². The molecule has 25 heavy (non-hydrogen) atoms. The van der Waals surface area contributed by atoms with Gasteiger partial charge in [-0.3, -0.25) is 0 Å². The smallest absolute Gasteiger partial charge is 0.332 e. The van der Waals surface area contributed by atoms with Gasteiger partial charge in [-0.15, -0.1) is 0 Å². The first-order chi connectivity index (χ1) is 11.0. The number of rotatable bonds is 3. The Kier molecular flexibility index (Phi) is 9.61. The second kappa shape index (κ2) is 9.87. The van der Waals surface area contributed by atoms with Crippen LogP contribution in [0.1, 0.15) is 58.2 Å². The first kappa shape index (κ1) is 24.3. The van der Waals surface area contributed by atoms with Crippen LogP contribution in [0.15, 0.2) is 54.6 Å². The molecule has 2 rings (SSSR count). The van der Waals surface area contributed by atoms with Crippen molar-refractivity contribution >= 4 is 13.8 Å². The van der Waals surface area contributed by atoms with Crippen LogP contribution in [-0.2, 0) is 21.7 Å². The van der Waals surface area contributed by atoms with Gasteiger partial charge in [-0.1, -0.05) is 67.7 Å². The van der Waals surface area contributed by atoms with Crippen molar-refractivity contribution in [2.24, 2.45) is 0 Å². The van der Waals surface area contributed by atoms with E-state index in [9.17, 15) is 0 Å². The van der Waals surface area contributed by atoms with Gasteiger partial charge in [-0.2, -0.15) is 0 Å².